The number of carbonyl (C=O) groups is 2. The second-order valence-corrected chi connectivity index (χ2v) is 6.97. The van der Waals surface area contributed by atoms with Crippen LogP contribution in [0.4, 0.5) is 0 Å². The van der Waals surface area contributed by atoms with Gasteiger partial charge in [0.25, 0.3) is 5.91 Å². The van der Waals surface area contributed by atoms with E-state index in [2.05, 4.69) is 14.9 Å². The van der Waals surface area contributed by atoms with Gasteiger partial charge in [0.1, 0.15) is 5.65 Å². The Balaban J connectivity index is 1.65. The molecular weight excluding hydrogens is 340 g/mol. The number of carboxylic acids is 1. The minimum atomic E-state index is -1.04. The van der Waals surface area contributed by atoms with Crippen molar-refractivity contribution in [2.45, 2.75) is 19.3 Å². The predicted molar refractivity (Wildman–Crippen MR) is 95.6 cm³/mol. The normalized spacial score (nSPS) is 19.7. The van der Waals surface area contributed by atoms with Gasteiger partial charge in [-0.25, -0.2) is 9.78 Å². The first-order valence-electron chi connectivity index (χ1n) is 8.10. The summed E-state index contributed by atoms with van der Waals surface area (Å²) in [5, 5.41) is 9.97. The number of carbonyl (C=O) groups excluding carboxylic acids is 1. The molecule has 0 aromatic carbocycles. The van der Waals surface area contributed by atoms with E-state index in [9.17, 15) is 14.7 Å². The van der Waals surface area contributed by atoms with Crippen LogP contribution in [0.2, 0.25) is 0 Å². The first-order chi connectivity index (χ1) is 12.1. The number of thioether (sulfide) groups is 1. The second-order valence-electron chi connectivity index (χ2n) is 5.96. The summed E-state index contributed by atoms with van der Waals surface area (Å²) in [5.41, 5.74) is 1.29. The smallest absolute Gasteiger partial charge is 0.354 e. The first kappa shape index (κ1) is 15.9. The monoisotopic (exact) mass is 356 g/mol. The molecule has 0 unspecified atom stereocenters. The molecule has 0 radical (unpaired) electrons. The molecule has 128 valence electrons. The van der Waals surface area contributed by atoms with Crippen LogP contribution in [0.1, 0.15) is 35.3 Å². The molecule has 0 spiro atoms. The van der Waals surface area contributed by atoms with Crippen molar-refractivity contribution >= 4 is 40.5 Å². The van der Waals surface area contributed by atoms with Crippen LogP contribution in [0.25, 0.3) is 11.7 Å². The average Bonchev–Trinajstić information content (AvgIpc) is 3.21. The van der Waals surface area contributed by atoms with E-state index in [4.69, 9.17) is 0 Å². The van der Waals surface area contributed by atoms with Crippen molar-refractivity contribution in [3.63, 3.8) is 0 Å². The number of hydrogen-bond donors (Lipinski definition) is 1. The molecule has 0 atom stereocenters. The number of nitrogens with zero attached hydrogens (tertiary/aromatic N) is 4. The van der Waals surface area contributed by atoms with Crippen molar-refractivity contribution in [2.24, 2.45) is 4.99 Å². The largest absolute Gasteiger partial charge is 0.477 e. The summed E-state index contributed by atoms with van der Waals surface area (Å²) in [6, 6.07) is 3.55. The molecular formula is C17H16N4O3S. The minimum Gasteiger partial charge on any atom is -0.477 e. The van der Waals surface area contributed by atoms with Gasteiger partial charge in [0.15, 0.2) is 10.9 Å². The lowest BCUT2D eigenvalue weighted by Gasteiger charge is -2.27. The fourth-order valence-corrected chi connectivity index (χ4v) is 4.02. The van der Waals surface area contributed by atoms with Gasteiger partial charge in [0, 0.05) is 24.8 Å². The zero-order chi connectivity index (χ0) is 17.4. The molecule has 1 amide bonds. The molecule has 1 fully saturated rings. The lowest BCUT2D eigenvalue weighted by Crippen LogP contribution is -2.33. The zero-order valence-corrected chi connectivity index (χ0v) is 14.2. The highest BCUT2D eigenvalue weighted by molar-refractivity contribution is 8.18. The second kappa shape index (κ2) is 6.36. The highest BCUT2D eigenvalue weighted by atomic mass is 32.2. The minimum absolute atomic E-state index is 0.0888. The lowest BCUT2D eigenvalue weighted by atomic mass is 10.1. The van der Waals surface area contributed by atoms with Crippen LogP contribution in [0.5, 0.6) is 0 Å². The molecule has 8 heteroatoms. The Bertz CT molecular complexity index is 925. The molecule has 2 aromatic heterocycles. The molecule has 7 nitrogen and oxygen atoms in total. The van der Waals surface area contributed by atoms with E-state index in [0.717, 1.165) is 31.1 Å². The highest BCUT2D eigenvalue weighted by Gasteiger charge is 2.27. The van der Waals surface area contributed by atoms with Crippen LogP contribution in [0, 0.1) is 0 Å². The van der Waals surface area contributed by atoms with Crippen molar-refractivity contribution < 1.29 is 14.7 Å². The molecule has 0 aliphatic carbocycles. The third kappa shape index (κ3) is 2.93. The number of aromatic carboxylic acids is 1. The Morgan fingerprint density at radius 3 is 2.84 bits per heavy atom. The van der Waals surface area contributed by atoms with Gasteiger partial charge in [0.2, 0.25) is 0 Å². The van der Waals surface area contributed by atoms with Gasteiger partial charge in [-0.3, -0.25) is 9.20 Å². The number of amidine groups is 1. The van der Waals surface area contributed by atoms with Crippen LogP contribution in [-0.4, -0.2) is 49.5 Å². The molecule has 4 heterocycles. The summed E-state index contributed by atoms with van der Waals surface area (Å²) in [4.78, 5) is 34.6. The van der Waals surface area contributed by atoms with E-state index in [-0.39, 0.29) is 11.6 Å². The summed E-state index contributed by atoms with van der Waals surface area (Å²) in [6.45, 7) is 1.87. The number of hydrogen-bond acceptors (Lipinski definition) is 5. The topological polar surface area (TPSA) is 87.3 Å². The van der Waals surface area contributed by atoms with Gasteiger partial charge >= 0.3 is 5.97 Å². The highest BCUT2D eigenvalue weighted by Crippen LogP contribution is 2.32. The van der Waals surface area contributed by atoms with Crippen molar-refractivity contribution in [1.82, 2.24) is 14.3 Å². The van der Waals surface area contributed by atoms with Crippen molar-refractivity contribution in [3.05, 3.63) is 40.7 Å². The number of fused-ring (bicyclic) bond motifs is 1. The number of rotatable bonds is 2. The summed E-state index contributed by atoms with van der Waals surface area (Å²) in [7, 11) is 0. The maximum Gasteiger partial charge on any atom is 0.354 e. The fraction of sp³-hybridized carbons (Fsp3) is 0.294. The Kier molecular flexibility index (Phi) is 4.04. The van der Waals surface area contributed by atoms with Crippen molar-refractivity contribution in [2.75, 3.05) is 13.1 Å². The van der Waals surface area contributed by atoms with Crippen LogP contribution in [0.15, 0.2) is 34.4 Å². The Morgan fingerprint density at radius 1 is 1.28 bits per heavy atom. The standard InChI is InChI=1S/C17H16N4O3S/c22-15-13(25-17(19-15)20-6-2-1-3-7-20)9-11-5-4-8-21-12(16(23)24)10-18-14(11)21/h4-5,8-10H,1-3,6-7H2,(H,23,24)/b13-9+. The van der Waals surface area contributed by atoms with Crippen LogP contribution in [-0.2, 0) is 4.79 Å². The maximum atomic E-state index is 12.3. The van der Waals surface area contributed by atoms with Gasteiger partial charge in [-0.1, -0.05) is 0 Å². The molecule has 0 bridgehead atoms. The molecule has 25 heavy (non-hydrogen) atoms. The summed E-state index contributed by atoms with van der Waals surface area (Å²) in [6.07, 6.45) is 8.17. The number of amides is 1. The summed E-state index contributed by atoms with van der Waals surface area (Å²) in [5.74, 6) is -1.29. The van der Waals surface area contributed by atoms with Gasteiger partial charge in [-0.2, -0.15) is 4.99 Å². The summed E-state index contributed by atoms with van der Waals surface area (Å²) < 4.78 is 1.51. The molecule has 2 aromatic rings. The number of carboxylic acid groups (broad SMARTS) is 1. The van der Waals surface area contributed by atoms with E-state index < -0.39 is 5.97 Å². The van der Waals surface area contributed by atoms with E-state index in [1.165, 1.54) is 28.8 Å². The predicted octanol–water partition coefficient (Wildman–Crippen LogP) is 2.49. The molecule has 0 saturated carbocycles. The number of aromatic nitrogens is 2. The van der Waals surface area contributed by atoms with Crippen LogP contribution in [0.3, 0.4) is 0 Å². The molecule has 1 saturated heterocycles. The van der Waals surface area contributed by atoms with Gasteiger partial charge in [0.05, 0.1) is 11.1 Å². The number of pyridine rings is 1. The molecule has 2 aliphatic rings. The van der Waals surface area contributed by atoms with E-state index in [1.54, 1.807) is 18.3 Å². The Labute approximate surface area is 148 Å². The van der Waals surface area contributed by atoms with E-state index >= 15 is 0 Å². The quantitative estimate of drug-likeness (QED) is 0.832. The fourth-order valence-electron chi connectivity index (χ4n) is 3.06. The maximum absolute atomic E-state index is 12.3. The van der Waals surface area contributed by atoms with E-state index in [1.807, 2.05) is 6.07 Å². The number of likely N-dealkylation sites (tertiary alicyclic amines) is 1. The molecule has 2 aliphatic heterocycles. The number of piperidine rings is 1. The molecule has 1 N–H and O–H groups in total. The zero-order valence-electron chi connectivity index (χ0n) is 13.4. The molecule has 4 rings (SSSR count). The Hall–Kier alpha value is -2.61. The number of aliphatic imine (C=N–C) groups is 1. The third-order valence-electron chi connectivity index (χ3n) is 4.31. The van der Waals surface area contributed by atoms with Crippen molar-refractivity contribution in [3.8, 4) is 0 Å². The van der Waals surface area contributed by atoms with Gasteiger partial charge < -0.3 is 10.0 Å². The third-order valence-corrected chi connectivity index (χ3v) is 5.35. The van der Waals surface area contributed by atoms with Crippen LogP contribution >= 0.6 is 11.8 Å². The number of imidazole rings is 1. The average molecular weight is 356 g/mol. The first-order valence-corrected chi connectivity index (χ1v) is 8.92. The van der Waals surface area contributed by atoms with Crippen LogP contribution < -0.4 is 0 Å². The SMILES string of the molecule is O=C1N=C(N2CCCCC2)S/C1=C/c1cccn2c(C(=O)O)cnc12. The van der Waals surface area contributed by atoms with E-state index in [0.29, 0.717) is 16.1 Å². The van der Waals surface area contributed by atoms with Gasteiger partial charge in [-0.05, 0) is 49.2 Å². The van der Waals surface area contributed by atoms with Crippen molar-refractivity contribution in [1.29, 1.82) is 0 Å². The summed E-state index contributed by atoms with van der Waals surface area (Å²) >= 11 is 1.38. The lowest BCUT2D eigenvalue weighted by molar-refractivity contribution is -0.113. The Morgan fingerprint density at radius 2 is 2.08 bits per heavy atom. The van der Waals surface area contributed by atoms with Gasteiger partial charge in [-0.15, -0.1) is 0 Å².